The zero-order chi connectivity index (χ0) is 14.7. The van der Waals surface area contributed by atoms with Crippen LogP contribution in [0.4, 0.5) is 0 Å². The molecule has 0 N–H and O–H groups in total. The van der Waals surface area contributed by atoms with E-state index in [9.17, 15) is 4.79 Å². The molecule has 0 aliphatic carbocycles. The van der Waals surface area contributed by atoms with Gasteiger partial charge in [-0.2, -0.15) is 0 Å². The second kappa shape index (κ2) is 6.39. The normalized spacial score (nSPS) is 18.7. The maximum absolute atomic E-state index is 12.3. The first kappa shape index (κ1) is 14.3. The summed E-state index contributed by atoms with van der Waals surface area (Å²) in [7, 11) is 0. The van der Waals surface area contributed by atoms with Crippen LogP contribution in [0.2, 0.25) is 0 Å². The van der Waals surface area contributed by atoms with Gasteiger partial charge in [0.2, 0.25) is 5.91 Å². The van der Waals surface area contributed by atoms with Crippen molar-refractivity contribution in [3.63, 3.8) is 0 Å². The third kappa shape index (κ3) is 3.50. The Morgan fingerprint density at radius 2 is 2.19 bits per heavy atom. The van der Waals surface area contributed by atoms with Gasteiger partial charge in [-0.1, -0.05) is 37.3 Å². The first-order valence-electron chi connectivity index (χ1n) is 7.50. The van der Waals surface area contributed by atoms with Crippen LogP contribution >= 0.6 is 11.3 Å². The summed E-state index contributed by atoms with van der Waals surface area (Å²) >= 11 is 1.61. The van der Waals surface area contributed by atoms with Crippen LogP contribution in [0.25, 0.3) is 10.6 Å². The van der Waals surface area contributed by atoms with Gasteiger partial charge in [-0.05, 0) is 18.8 Å². The lowest BCUT2D eigenvalue weighted by molar-refractivity contribution is -0.132. The summed E-state index contributed by atoms with van der Waals surface area (Å²) in [5, 5.41) is 3.00. The molecule has 3 nitrogen and oxygen atoms in total. The first-order valence-corrected chi connectivity index (χ1v) is 8.38. The summed E-state index contributed by atoms with van der Waals surface area (Å²) < 4.78 is 0. The van der Waals surface area contributed by atoms with Gasteiger partial charge in [-0.3, -0.25) is 4.79 Å². The second-order valence-corrected chi connectivity index (χ2v) is 6.63. The molecule has 2 aromatic rings. The van der Waals surface area contributed by atoms with Crippen molar-refractivity contribution >= 4 is 17.2 Å². The Morgan fingerprint density at radius 3 is 2.95 bits per heavy atom. The number of aromatic nitrogens is 1. The predicted molar refractivity (Wildman–Crippen MR) is 86.2 cm³/mol. The number of hydrogen-bond acceptors (Lipinski definition) is 3. The lowest BCUT2D eigenvalue weighted by Crippen LogP contribution is -2.39. The number of likely N-dealkylation sites (tertiary alicyclic amines) is 1. The summed E-state index contributed by atoms with van der Waals surface area (Å²) in [6.07, 6.45) is 2.79. The summed E-state index contributed by atoms with van der Waals surface area (Å²) in [6, 6.07) is 10.1. The van der Waals surface area contributed by atoms with Crippen LogP contribution in [0.3, 0.4) is 0 Å². The van der Waals surface area contributed by atoms with E-state index in [0.29, 0.717) is 12.3 Å². The molecule has 1 amide bonds. The smallest absolute Gasteiger partial charge is 0.228 e. The molecule has 1 aliphatic heterocycles. The molecule has 1 aliphatic rings. The Kier molecular flexibility index (Phi) is 4.34. The Hall–Kier alpha value is -1.68. The number of hydrogen-bond donors (Lipinski definition) is 0. The number of amides is 1. The molecule has 1 aromatic carbocycles. The lowest BCUT2D eigenvalue weighted by atomic mass is 10.00. The van der Waals surface area contributed by atoms with E-state index in [2.05, 4.69) is 24.0 Å². The van der Waals surface area contributed by atoms with E-state index in [4.69, 9.17) is 0 Å². The highest BCUT2D eigenvalue weighted by Crippen LogP contribution is 2.24. The first-order chi connectivity index (χ1) is 10.2. The van der Waals surface area contributed by atoms with E-state index in [0.717, 1.165) is 35.8 Å². The summed E-state index contributed by atoms with van der Waals surface area (Å²) in [6.45, 7) is 4.02. The Labute approximate surface area is 129 Å². The topological polar surface area (TPSA) is 33.2 Å². The van der Waals surface area contributed by atoms with E-state index >= 15 is 0 Å². The van der Waals surface area contributed by atoms with Crippen LogP contribution in [-0.2, 0) is 11.2 Å². The fourth-order valence-electron chi connectivity index (χ4n) is 2.78. The van der Waals surface area contributed by atoms with Crippen molar-refractivity contribution in [3.8, 4) is 10.6 Å². The van der Waals surface area contributed by atoms with Gasteiger partial charge in [0, 0.05) is 24.0 Å². The number of rotatable bonds is 3. The van der Waals surface area contributed by atoms with Gasteiger partial charge in [0.05, 0.1) is 12.1 Å². The largest absolute Gasteiger partial charge is 0.342 e. The fourth-order valence-corrected chi connectivity index (χ4v) is 3.61. The Bertz CT molecular complexity index is 608. The second-order valence-electron chi connectivity index (χ2n) is 5.77. The van der Waals surface area contributed by atoms with Crippen molar-refractivity contribution in [1.29, 1.82) is 0 Å². The minimum atomic E-state index is 0.214. The van der Waals surface area contributed by atoms with E-state index < -0.39 is 0 Å². The number of thiazole rings is 1. The quantitative estimate of drug-likeness (QED) is 0.867. The van der Waals surface area contributed by atoms with Gasteiger partial charge >= 0.3 is 0 Å². The summed E-state index contributed by atoms with van der Waals surface area (Å²) in [4.78, 5) is 19.0. The standard InChI is InChI=1S/C17H20N2OS/c1-13-6-5-9-19(11-13)16(20)10-15-12-21-17(18-15)14-7-3-2-4-8-14/h2-4,7-8,12-13H,5-6,9-11H2,1H3. The molecule has 1 atom stereocenters. The van der Waals surface area contributed by atoms with Crippen LogP contribution in [0, 0.1) is 5.92 Å². The van der Waals surface area contributed by atoms with Crippen LogP contribution in [0.15, 0.2) is 35.7 Å². The minimum absolute atomic E-state index is 0.214. The molecule has 0 radical (unpaired) electrons. The van der Waals surface area contributed by atoms with E-state index in [1.165, 1.54) is 6.42 Å². The van der Waals surface area contributed by atoms with Crippen molar-refractivity contribution in [2.75, 3.05) is 13.1 Å². The zero-order valence-electron chi connectivity index (χ0n) is 12.3. The van der Waals surface area contributed by atoms with Gasteiger partial charge in [-0.25, -0.2) is 4.98 Å². The van der Waals surface area contributed by atoms with Gasteiger partial charge in [-0.15, -0.1) is 11.3 Å². The molecule has 2 heterocycles. The van der Waals surface area contributed by atoms with Crippen molar-refractivity contribution < 1.29 is 4.79 Å². The average molecular weight is 300 g/mol. The fraction of sp³-hybridized carbons (Fsp3) is 0.412. The van der Waals surface area contributed by atoms with Crippen LogP contribution in [0.5, 0.6) is 0 Å². The van der Waals surface area contributed by atoms with Gasteiger partial charge in [0.15, 0.2) is 0 Å². The van der Waals surface area contributed by atoms with E-state index in [1.807, 2.05) is 28.5 Å². The average Bonchev–Trinajstić information content (AvgIpc) is 2.97. The number of carbonyl (C=O) groups is 1. The van der Waals surface area contributed by atoms with Crippen molar-refractivity contribution in [2.45, 2.75) is 26.2 Å². The summed E-state index contributed by atoms with van der Waals surface area (Å²) in [5.74, 6) is 0.837. The Balaban J connectivity index is 1.66. The zero-order valence-corrected chi connectivity index (χ0v) is 13.1. The molecule has 3 rings (SSSR count). The highest BCUT2D eigenvalue weighted by molar-refractivity contribution is 7.13. The third-order valence-corrected chi connectivity index (χ3v) is 4.85. The molecule has 1 aromatic heterocycles. The number of benzene rings is 1. The SMILES string of the molecule is CC1CCCN(C(=O)Cc2csc(-c3ccccc3)n2)C1. The molecule has 21 heavy (non-hydrogen) atoms. The highest BCUT2D eigenvalue weighted by atomic mass is 32.1. The lowest BCUT2D eigenvalue weighted by Gasteiger charge is -2.30. The maximum atomic E-state index is 12.3. The molecular weight excluding hydrogens is 280 g/mol. The molecule has 0 spiro atoms. The maximum Gasteiger partial charge on any atom is 0.228 e. The van der Waals surface area contributed by atoms with Crippen LogP contribution in [0.1, 0.15) is 25.5 Å². The predicted octanol–water partition coefficient (Wildman–Crippen LogP) is 3.61. The molecule has 1 unspecified atom stereocenters. The number of nitrogens with zero attached hydrogens (tertiary/aromatic N) is 2. The molecule has 1 fully saturated rings. The van der Waals surface area contributed by atoms with Crippen molar-refractivity contribution in [3.05, 3.63) is 41.4 Å². The van der Waals surface area contributed by atoms with Gasteiger partial charge in [0.1, 0.15) is 5.01 Å². The third-order valence-electron chi connectivity index (χ3n) is 3.91. The Morgan fingerprint density at radius 1 is 1.38 bits per heavy atom. The van der Waals surface area contributed by atoms with Crippen molar-refractivity contribution in [2.24, 2.45) is 5.92 Å². The highest BCUT2D eigenvalue weighted by Gasteiger charge is 2.21. The minimum Gasteiger partial charge on any atom is -0.342 e. The molecule has 1 saturated heterocycles. The van der Waals surface area contributed by atoms with Gasteiger partial charge in [0.25, 0.3) is 0 Å². The van der Waals surface area contributed by atoms with Crippen LogP contribution in [-0.4, -0.2) is 28.9 Å². The van der Waals surface area contributed by atoms with Crippen molar-refractivity contribution in [1.82, 2.24) is 9.88 Å². The van der Waals surface area contributed by atoms with Crippen LogP contribution < -0.4 is 0 Å². The number of piperidine rings is 1. The van der Waals surface area contributed by atoms with E-state index in [1.54, 1.807) is 11.3 Å². The summed E-state index contributed by atoms with van der Waals surface area (Å²) in [5.41, 5.74) is 2.01. The molecule has 110 valence electrons. The molecule has 0 bridgehead atoms. The number of carbonyl (C=O) groups excluding carboxylic acids is 1. The molecule has 4 heteroatoms. The molecular formula is C17H20N2OS. The monoisotopic (exact) mass is 300 g/mol. The van der Waals surface area contributed by atoms with E-state index in [-0.39, 0.29) is 5.91 Å². The van der Waals surface area contributed by atoms with Gasteiger partial charge < -0.3 is 4.90 Å². The molecule has 0 saturated carbocycles.